The molecule has 2 aromatic rings. The molecule has 0 radical (unpaired) electrons. The Balaban J connectivity index is 1.93. The van der Waals surface area contributed by atoms with Crippen LogP contribution in [0.5, 0.6) is 0 Å². The molecule has 1 atom stereocenters. The average Bonchev–Trinajstić information content (AvgIpc) is 2.40. The van der Waals surface area contributed by atoms with Crippen molar-refractivity contribution in [1.82, 2.24) is 5.32 Å². The molecule has 0 unspecified atom stereocenters. The topological polar surface area (TPSA) is 24.1 Å². The third-order valence-corrected chi connectivity index (χ3v) is 3.22. The summed E-state index contributed by atoms with van der Waals surface area (Å²) < 4.78 is 0. The lowest BCUT2D eigenvalue weighted by molar-refractivity contribution is 0.723. The number of hydrogen-bond donors (Lipinski definition) is 2. The van der Waals surface area contributed by atoms with Crippen LogP contribution in [0.25, 0.3) is 0 Å². The molecule has 2 aromatic carbocycles. The molecule has 98 valence electrons. The van der Waals surface area contributed by atoms with Gasteiger partial charge < -0.3 is 10.6 Å². The molecule has 2 N–H and O–H groups in total. The maximum absolute atomic E-state index is 5.87. The summed E-state index contributed by atoms with van der Waals surface area (Å²) in [4.78, 5) is 0. The molecule has 0 aliphatic rings. The second-order valence-corrected chi connectivity index (χ2v) is 5.08. The second kappa shape index (κ2) is 6.55. The van der Waals surface area contributed by atoms with Gasteiger partial charge in [-0.1, -0.05) is 41.9 Å². The van der Waals surface area contributed by atoms with E-state index in [1.54, 1.807) is 0 Å². The van der Waals surface area contributed by atoms with E-state index in [0.29, 0.717) is 5.11 Å². The van der Waals surface area contributed by atoms with Crippen LogP contribution in [-0.2, 0) is 0 Å². The van der Waals surface area contributed by atoms with Gasteiger partial charge in [0.05, 0.1) is 6.04 Å². The molecule has 0 aromatic heterocycles. The number of benzene rings is 2. The SMILES string of the molecule is C[C@H](NC(=S)Nc1ccccc1)c1ccc(Cl)cc1. The van der Waals surface area contributed by atoms with Crippen molar-refractivity contribution >= 4 is 34.6 Å². The first-order valence-electron chi connectivity index (χ1n) is 6.03. The Morgan fingerprint density at radius 1 is 1.05 bits per heavy atom. The van der Waals surface area contributed by atoms with Gasteiger partial charge in [0.25, 0.3) is 0 Å². The van der Waals surface area contributed by atoms with Gasteiger partial charge in [0.15, 0.2) is 5.11 Å². The lowest BCUT2D eigenvalue weighted by atomic mass is 10.1. The number of para-hydroxylation sites is 1. The first kappa shape index (κ1) is 13.8. The molecule has 0 bridgehead atoms. The van der Waals surface area contributed by atoms with Crippen molar-refractivity contribution < 1.29 is 0 Å². The summed E-state index contributed by atoms with van der Waals surface area (Å²) in [6.45, 7) is 2.06. The van der Waals surface area contributed by atoms with Crippen LogP contribution in [0.3, 0.4) is 0 Å². The van der Waals surface area contributed by atoms with E-state index in [4.69, 9.17) is 23.8 Å². The van der Waals surface area contributed by atoms with Crippen molar-refractivity contribution in [2.45, 2.75) is 13.0 Å². The average molecular weight is 291 g/mol. The molecule has 0 heterocycles. The molecule has 2 rings (SSSR count). The third kappa shape index (κ3) is 4.23. The van der Waals surface area contributed by atoms with Gasteiger partial charge in [0.1, 0.15) is 0 Å². The predicted octanol–water partition coefficient (Wildman–Crippen LogP) is 4.39. The predicted molar refractivity (Wildman–Crippen MR) is 85.7 cm³/mol. The Morgan fingerprint density at radius 2 is 1.68 bits per heavy atom. The van der Waals surface area contributed by atoms with Gasteiger partial charge in [-0.25, -0.2) is 0 Å². The summed E-state index contributed by atoms with van der Waals surface area (Å²) in [6, 6.07) is 17.7. The van der Waals surface area contributed by atoms with Crippen molar-refractivity contribution in [1.29, 1.82) is 0 Å². The molecular weight excluding hydrogens is 276 g/mol. The van der Waals surface area contributed by atoms with Crippen LogP contribution < -0.4 is 10.6 Å². The molecular formula is C15H15ClN2S. The van der Waals surface area contributed by atoms with Crippen LogP contribution in [0.4, 0.5) is 5.69 Å². The van der Waals surface area contributed by atoms with Crippen LogP contribution in [-0.4, -0.2) is 5.11 Å². The number of thiocarbonyl (C=S) groups is 1. The maximum atomic E-state index is 5.87. The van der Waals surface area contributed by atoms with Crippen molar-refractivity contribution in [2.24, 2.45) is 0 Å². The monoisotopic (exact) mass is 290 g/mol. The van der Waals surface area contributed by atoms with E-state index < -0.39 is 0 Å². The minimum absolute atomic E-state index is 0.126. The van der Waals surface area contributed by atoms with Crippen molar-refractivity contribution in [3.63, 3.8) is 0 Å². The van der Waals surface area contributed by atoms with Crippen LogP contribution in [0.15, 0.2) is 54.6 Å². The van der Waals surface area contributed by atoms with E-state index in [2.05, 4.69) is 17.6 Å². The summed E-state index contributed by atoms with van der Waals surface area (Å²) in [7, 11) is 0. The van der Waals surface area contributed by atoms with E-state index in [9.17, 15) is 0 Å². The molecule has 19 heavy (non-hydrogen) atoms. The van der Waals surface area contributed by atoms with Gasteiger partial charge in [-0.15, -0.1) is 0 Å². The smallest absolute Gasteiger partial charge is 0.171 e. The molecule has 0 spiro atoms. The van der Waals surface area contributed by atoms with Crippen LogP contribution in [0, 0.1) is 0 Å². The van der Waals surface area contributed by atoms with Gasteiger partial charge in [-0.2, -0.15) is 0 Å². The van der Waals surface area contributed by atoms with E-state index in [-0.39, 0.29) is 6.04 Å². The largest absolute Gasteiger partial charge is 0.356 e. The van der Waals surface area contributed by atoms with Crippen molar-refractivity contribution in [2.75, 3.05) is 5.32 Å². The fourth-order valence-electron chi connectivity index (χ4n) is 1.72. The van der Waals surface area contributed by atoms with Gasteiger partial charge >= 0.3 is 0 Å². The fourth-order valence-corrected chi connectivity index (χ4v) is 2.14. The Kier molecular flexibility index (Phi) is 4.77. The number of anilines is 1. The molecule has 2 nitrogen and oxygen atoms in total. The Morgan fingerprint density at radius 3 is 2.32 bits per heavy atom. The second-order valence-electron chi connectivity index (χ2n) is 4.24. The van der Waals surface area contributed by atoms with Crippen LogP contribution in [0.1, 0.15) is 18.5 Å². The minimum Gasteiger partial charge on any atom is -0.356 e. The van der Waals surface area contributed by atoms with Gasteiger partial charge in [-0.3, -0.25) is 0 Å². The quantitative estimate of drug-likeness (QED) is 0.820. The number of halogens is 1. The fraction of sp³-hybridized carbons (Fsp3) is 0.133. The van der Waals surface area contributed by atoms with Crippen molar-refractivity contribution in [3.05, 3.63) is 65.2 Å². The molecule has 0 fully saturated rings. The van der Waals surface area contributed by atoms with Crippen LogP contribution >= 0.6 is 23.8 Å². The zero-order chi connectivity index (χ0) is 13.7. The maximum Gasteiger partial charge on any atom is 0.171 e. The van der Waals surface area contributed by atoms with E-state index in [0.717, 1.165) is 16.3 Å². The standard InChI is InChI=1S/C15H15ClN2S/c1-11(12-7-9-13(16)10-8-12)17-15(19)18-14-5-3-2-4-6-14/h2-11H,1H3,(H2,17,18,19)/t11-/m0/s1. The Labute approximate surface area is 123 Å². The highest BCUT2D eigenvalue weighted by atomic mass is 35.5. The number of nitrogens with one attached hydrogen (secondary N) is 2. The Bertz CT molecular complexity index is 540. The zero-order valence-corrected chi connectivity index (χ0v) is 12.1. The van der Waals surface area contributed by atoms with Crippen LogP contribution in [0.2, 0.25) is 5.02 Å². The highest BCUT2D eigenvalue weighted by Crippen LogP contribution is 2.16. The highest BCUT2D eigenvalue weighted by Gasteiger charge is 2.06. The first-order chi connectivity index (χ1) is 9.15. The van der Waals surface area contributed by atoms with Gasteiger partial charge in [-0.05, 0) is 49.0 Å². The summed E-state index contributed by atoms with van der Waals surface area (Å²) in [5, 5.41) is 7.73. The molecule has 0 aliphatic heterocycles. The lowest BCUT2D eigenvalue weighted by Crippen LogP contribution is -2.30. The zero-order valence-electron chi connectivity index (χ0n) is 10.6. The molecule has 0 amide bonds. The third-order valence-electron chi connectivity index (χ3n) is 2.75. The first-order valence-corrected chi connectivity index (χ1v) is 6.82. The Hall–Kier alpha value is -1.58. The normalized spacial score (nSPS) is 11.7. The highest BCUT2D eigenvalue weighted by molar-refractivity contribution is 7.80. The molecule has 0 saturated heterocycles. The summed E-state index contributed by atoms with van der Waals surface area (Å²) >= 11 is 11.2. The van der Waals surface area contributed by atoms with E-state index >= 15 is 0 Å². The van der Waals surface area contributed by atoms with Crippen molar-refractivity contribution in [3.8, 4) is 0 Å². The van der Waals surface area contributed by atoms with Gasteiger partial charge in [0.2, 0.25) is 0 Å². The molecule has 0 saturated carbocycles. The van der Waals surface area contributed by atoms with E-state index in [1.165, 1.54) is 0 Å². The number of rotatable bonds is 3. The lowest BCUT2D eigenvalue weighted by Gasteiger charge is -2.17. The van der Waals surface area contributed by atoms with E-state index in [1.807, 2.05) is 54.6 Å². The van der Waals surface area contributed by atoms with Gasteiger partial charge in [0, 0.05) is 10.7 Å². The summed E-state index contributed by atoms with van der Waals surface area (Å²) in [5.41, 5.74) is 2.12. The minimum atomic E-state index is 0.126. The molecule has 0 aliphatic carbocycles. The summed E-state index contributed by atoms with van der Waals surface area (Å²) in [5.74, 6) is 0. The summed E-state index contributed by atoms with van der Waals surface area (Å²) in [6.07, 6.45) is 0. The number of hydrogen-bond acceptors (Lipinski definition) is 1. The molecule has 4 heteroatoms.